The lowest BCUT2D eigenvalue weighted by atomic mass is 10.1. The third kappa shape index (κ3) is 5.13. The van der Waals surface area contributed by atoms with Gasteiger partial charge in [0.25, 0.3) is 11.1 Å². The number of hydrogen-bond donors (Lipinski definition) is 0. The zero-order valence-corrected chi connectivity index (χ0v) is 22.0. The fourth-order valence-corrected chi connectivity index (χ4v) is 5.87. The highest BCUT2D eigenvalue weighted by Crippen LogP contribution is 2.36. The molecule has 36 heavy (non-hydrogen) atoms. The first-order chi connectivity index (χ1) is 17.4. The number of carbonyl (C=O) groups excluding carboxylic acids is 3. The van der Waals surface area contributed by atoms with Crippen LogP contribution in [0, 0.1) is 5.82 Å². The highest BCUT2D eigenvalue weighted by Gasteiger charge is 2.35. The van der Waals surface area contributed by atoms with Crippen LogP contribution >= 0.6 is 27.7 Å². The summed E-state index contributed by atoms with van der Waals surface area (Å²) in [4.78, 5) is 42.0. The highest BCUT2D eigenvalue weighted by atomic mass is 79.9. The van der Waals surface area contributed by atoms with Crippen molar-refractivity contribution in [2.75, 3.05) is 13.1 Å². The Balaban J connectivity index is 1.43. The minimum Gasteiger partial charge on any atom is -0.341 e. The number of imide groups is 1. The topological polar surface area (TPSA) is 62.6 Å². The monoisotopic (exact) mass is 569 g/mol. The zero-order valence-electron chi connectivity index (χ0n) is 19.6. The number of carbonyl (C=O) groups is 3. The molecule has 2 aliphatic heterocycles. The number of benzene rings is 2. The molecule has 0 saturated carbocycles. The van der Waals surface area contributed by atoms with Gasteiger partial charge >= 0.3 is 0 Å². The van der Waals surface area contributed by atoms with E-state index < -0.39 is 17.0 Å². The van der Waals surface area contributed by atoms with Crippen LogP contribution in [-0.4, -0.2) is 44.5 Å². The Morgan fingerprint density at radius 3 is 2.56 bits per heavy atom. The molecule has 0 aliphatic carbocycles. The molecule has 2 fully saturated rings. The number of halogens is 2. The van der Waals surface area contributed by atoms with Crippen LogP contribution in [0.5, 0.6) is 0 Å². The second-order valence-corrected chi connectivity index (χ2v) is 10.9. The molecule has 0 atom stereocenters. The van der Waals surface area contributed by atoms with Gasteiger partial charge in [-0.25, -0.2) is 4.39 Å². The van der Waals surface area contributed by atoms with Gasteiger partial charge in [0.15, 0.2) is 0 Å². The Morgan fingerprint density at radius 2 is 1.81 bits per heavy atom. The molecule has 6 nitrogen and oxygen atoms in total. The maximum absolute atomic E-state index is 14.1. The molecule has 0 radical (unpaired) electrons. The smallest absolute Gasteiger partial charge is 0.293 e. The van der Waals surface area contributed by atoms with Gasteiger partial charge in [-0.2, -0.15) is 0 Å². The fraction of sp³-hybridized carbons (Fsp3) is 0.296. The molecule has 0 N–H and O–H groups in total. The molecule has 2 saturated heterocycles. The Kier molecular flexibility index (Phi) is 7.29. The summed E-state index contributed by atoms with van der Waals surface area (Å²) >= 11 is 4.35. The summed E-state index contributed by atoms with van der Waals surface area (Å²) in [5.41, 5.74) is 1.90. The van der Waals surface area contributed by atoms with E-state index in [-0.39, 0.29) is 29.5 Å². The van der Waals surface area contributed by atoms with E-state index in [9.17, 15) is 18.8 Å². The van der Waals surface area contributed by atoms with E-state index in [1.807, 2.05) is 33.9 Å². The lowest BCUT2D eigenvalue weighted by Gasteiger charge is -2.20. The molecule has 3 aromatic rings. The molecule has 0 spiro atoms. The normalized spacial score (nSPS) is 17.9. The number of aromatic nitrogens is 1. The van der Waals surface area contributed by atoms with Crippen molar-refractivity contribution in [2.24, 2.45) is 0 Å². The summed E-state index contributed by atoms with van der Waals surface area (Å²) in [6.45, 7) is 1.66. The number of likely N-dealkylation sites (tertiary alicyclic amines) is 1. The fourth-order valence-electron chi connectivity index (χ4n) is 4.68. The van der Waals surface area contributed by atoms with Crippen LogP contribution in [0.3, 0.4) is 0 Å². The third-order valence-corrected chi connectivity index (χ3v) is 7.99. The molecule has 0 bridgehead atoms. The van der Waals surface area contributed by atoms with Crippen LogP contribution in [0.25, 0.3) is 17.0 Å². The van der Waals surface area contributed by atoms with Gasteiger partial charge in [-0.05, 0) is 54.9 Å². The Bertz CT molecular complexity index is 1380. The van der Waals surface area contributed by atoms with Crippen molar-refractivity contribution in [3.05, 3.63) is 75.0 Å². The standard InChI is InChI=1S/C27H25BrFN3O3S/c28-20-9-10-23-21(14-20)19(15-31(23)17-25(33)30-11-5-1-2-6-12-30)13-24-26(34)32(27(35)36-24)16-18-7-3-4-8-22(18)29/h3-4,7-10,13-15H,1-2,5-6,11-12,16-17H2/b24-13-. The number of nitrogens with zero attached hydrogens (tertiary/aromatic N) is 3. The summed E-state index contributed by atoms with van der Waals surface area (Å²) in [7, 11) is 0. The van der Waals surface area contributed by atoms with Crippen molar-refractivity contribution in [1.29, 1.82) is 0 Å². The van der Waals surface area contributed by atoms with Crippen molar-refractivity contribution in [3.63, 3.8) is 0 Å². The van der Waals surface area contributed by atoms with Gasteiger partial charge in [0.1, 0.15) is 12.4 Å². The molecule has 0 unspecified atom stereocenters. The predicted octanol–water partition coefficient (Wildman–Crippen LogP) is 6.18. The molecular weight excluding hydrogens is 545 g/mol. The molecule has 2 aromatic carbocycles. The summed E-state index contributed by atoms with van der Waals surface area (Å²) in [6, 6.07) is 11.9. The van der Waals surface area contributed by atoms with E-state index >= 15 is 0 Å². The average Bonchev–Trinajstić information content (AvgIpc) is 3.16. The van der Waals surface area contributed by atoms with E-state index in [1.54, 1.807) is 24.3 Å². The van der Waals surface area contributed by atoms with E-state index in [1.165, 1.54) is 6.07 Å². The molecule has 9 heteroatoms. The van der Waals surface area contributed by atoms with Crippen molar-refractivity contribution in [2.45, 2.75) is 38.8 Å². The van der Waals surface area contributed by atoms with E-state index in [2.05, 4.69) is 15.9 Å². The van der Waals surface area contributed by atoms with Crippen LogP contribution < -0.4 is 0 Å². The van der Waals surface area contributed by atoms with Gasteiger partial charge in [0.05, 0.1) is 11.4 Å². The van der Waals surface area contributed by atoms with Crippen LogP contribution in [0.2, 0.25) is 0 Å². The first-order valence-electron chi connectivity index (χ1n) is 12.0. The predicted molar refractivity (Wildman–Crippen MR) is 143 cm³/mol. The summed E-state index contributed by atoms with van der Waals surface area (Å²) in [5.74, 6) is -0.833. The van der Waals surface area contributed by atoms with Gasteiger partial charge in [0.2, 0.25) is 5.91 Å². The van der Waals surface area contributed by atoms with Crippen molar-refractivity contribution < 1.29 is 18.8 Å². The SMILES string of the molecule is O=C(Cn1cc(/C=C2\SC(=O)N(Cc3ccccc3F)C2=O)c2cc(Br)ccc21)N1CCCCCC1. The van der Waals surface area contributed by atoms with Crippen LogP contribution in [-0.2, 0) is 22.7 Å². The molecule has 1 aromatic heterocycles. The third-order valence-electron chi connectivity index (χ3n) is 6.58. The number of amides is 3. The first-order valence-corrected chi connectivity index (χ1v) is 13.6. The largest absolute Gasteiger partial charge is 0.341 e. The van der Waals surface area contributed by atoms with E-state index in [0.29, 0.717) is 0 Å². The Labute approximate surface area is 221 Å². The molecule has 5 rings (SSSR count). The second kappa shape index (κ2) is 10.6. The lowest BCUT2D eigenvalue weighted by Crippen LogP contribution is -2.34. The second-order valence-electron chi connectivity index (χ2n) is 9.03. The van der Waals surface area contributed by atoms with E-state index in [0.717, 1.165) is 76.4 Å². The number of hydrogen-bond acceptors (Lipinski definition) is 4. The maximum Gasteiger partial charge on any atom is 0.293 e. The molecule has 3 heterocycles. The van der Waals surface area contributed by atoms with Gasteiger partial charge in [0, 0.05) is 45.8 Å². The summed E-state index contributed by atoms with van der Waals surface area (Å²) in [6.07, 6.45) is 7.91. The van der Waals surface area contributed by atoms with Gasteiger partial charge in [-0.3, -0.25) is 19.3 Å². The summed E-state index contributed by atoms with van der Waals surface area (Å²) in [5, 5.41) is 0.435. The number of thioether (sulfide) groups is 1. The van der Waals surface area contributed by atoms with Gasteiger partial charge in [-0.15, -0.1) is 0 Å². The molecule has 186 valence electrons. The number of fused-ring (bicyclic) bond motifs is 1. The average molecular weight is 570 g/mol. The van der Waals surface area contributed by atoms with Crippen molar-refractivity contribution in [3.8, 4) is 0 Å². The Morgan fingerprint density at radius 1 is 1.06 bits per heavy atom. The van der Waals surface area contributed by atoms with Crippen molar-refractivity contribution in [1.82, 2.24) is 14.4 Å². The molecular formula is C27H25BrFN3O3S. The minimum absolute atomic E-state index is 0.0773. The van der Waals surface area contributed by atoms with Gasteiger partial charge < -0.3 is 9.47 Å². The zero-order chi connectivity index (χ0) is 25.2. The van der Waals surface area contributed by atoms with Crippen LogP contribution in [0.15, 0.2) is 58.0 Å². The number of rotatable bonds is 5. The lowest BCUT2D eigenvalue weighted by molar-refractivity contribution is -0.131. The van der Waals surface area contributed by atoms with Gasteiger partial charge in [-0.1, -0.05) is 47.0 Å². The van der Waals surface area contributed by atoms with E-state index in [4.69, 9.17) is 0 Å². The molecule has 3 amide bonds. The first kappa shape index (κ1) is 24.8. The quantitative estimate of drug-likeness (QED) is 0.344. The Hall–Kier alpha value is -2.91. The van der Waals surface area contributed by atoms with Crippen molar-refractivity contribution >= 4 is 61.7 Å². The highest BCUT2D eigenvalue weighted by molar-refractivity contribution is 9.10. The maximum atomic E-state index is 14.1. The van der Waals surface area contributed by atoms with Crippen LogP contribution in [0.1, 0.15) is 36.8 Å². The molecule has 2 aliphatic rings. The minimum atomic E-state index is -0.456. The summed E-state index contributed by atoms with van der Waals surface area (Å²) < 4.78 is 16.9. The van der Waals surface area contributed by atoms with Crippen LogP contribution in [0.4, 0.5) is 9.18 Å².